The third-order valence-corrected chi connectivity index (χ3v) is 3.09. The predicted octanol–water partition coefficient (Wildman–Crippen LogP) is 2.09. The van der Waals surface area contributed by atoms with E-state index in [9.17, 15) is 0 Å². The molecule has 80 valence electrons. The Hall–Kier alpha value is -1.16. The van der Waals surface area contributed by atoms with E-state index in [1.807, 2.05) is 0 Å². The summed E-state index contributed by atoms with van der Waals surface area (Å²) in [4.78, 5) is 5.59. The van der Waals surface area contributed by atoms with Crippen LogP contribution in [0, 0.1) is 6.92 Å². The Morgan fingerprint density at radius 1 is 1.47 bits per heavy atom. The van der Waals surface area contributed by atoms with E-state index in [2.05, 4.69) is 47.0 Å². The standard InChI is InChI=1S/C11H15N3S/c1-8-7-9(15-2)3-4-10(8)14-11-12-5-6-13-11/h3-4,7H,5-6H2,1-2H3,(H2,12,13,14). The van der Waals surface area contributed by atoms with E-state index >= 15 is 0 Å². The molecule has 0 atom stereocenters. The lowest BCUT2D eigenvalue weighted by molar-refractivity contribution is 0.959. The van der Waals surface area contributed by atoms with Gasteiger partial charge in [-0.3, -0.25) is 4.99 Å². The number of thioether (sulfide) groups is 1. The van der Waals surface area contributed by atoms with Crippen LogP contribution in [0.25, 0.3) is 0 Å². The first-order valence-corrected chi connectivity index (χ1v) is 6.22. The summed E-state index contributed by atoms with van der Waals surface area (Å²) >= 11 is 1.76. The van der Waals surface area contributed by atoms with E-state index in [-0.39, 0.29) is 0 Å². The topological polar surface area (TPSA) is 36.4 Å². The molecular formula is C11H15N3S. The first-order chi connectivity index (χ1) is 7.29. The van der Waals surface area contributed by atoms with Crippen LogP contribution in [0.2, 0.25) is 0 Å². The SMILES string of the molecule is CSc1ccc(NC2=NCCN2)c(C)c1. The minimum Gasteiger partial charge on any atom is -0.354 e. The third kappa shape index (κ3) is 2.45. The molecule has 3 nitrogen and oxygen atoms in total. The molecule has 0 bridgehead atoms. The molecule has 4 heteroatoms. The van der Waals surface area contributed by atoms with Crippen molar-refractivity contribution in [3.8, 4) is 0 Å². The number of aliphatic imine (C=N–C) groups is 1. The number of hydrogen-bond donors (Lipinski definition) is 2. The molecule has 1 aromatic rings. The summed E-state index contributed by atoms with van der Waals surface area (Å²) in [5, 5.41) is 6.48. The Kier molecular flexibility index (Phi) is 3.16. The summed E-state index contributed by atoms with van der Waals surface area (Å²) in [6, 6.07) is 6.40. The zero-order valence-electron chi connectivity index (χ0n) is 9.00. The van der Waals surface area contributed by atoms with Crippen molar-refractivity contribution < 1.29 is 0 Å². The predicted molar refractivity (Wildman–Crippen MR) is 66.9 cm³/mol. The average molecular weight is 221 g/mol. The Morgan fingerprint density at radius 2 is 2.33 bits per heavy atom. The number of aryl methyl sites for hydroxylation is 1. The Bertz CT molecular complexity index is 387. The lowest BCUT2D eigenvalue weighted by Crippen LogP contribution is -2.26. The molecule has 0 unspecified atom stereocenters. The second-order valence-electron chi connectivity index (χ2n) is 3.46. The maximum atomic E-state index is 4.30. The van der Waals surface area contributed by atoms with Crippen LogP contribution < -0.4 is 10.6 Å². The average Bonchev–Trinajstić information content (AvgIpc) is 2.74. The Morgan fingerprint density at radius 3 is 2.93 bits per heavy atom. The smallest absolute Gasteiger partial charge is 0.195 e. The van der Waals surface area contributed by atoms with Gasteiger partial charge in [0.25, 0.3) is 0 Å². The maximum Gasteiger partial charge on any atom is 0.195 e. The van der Waals surface area contributed by atoms with E-state index in [1.54, 1.807) is 11.8 Å². The number of nitrogens with one attached hydrogen (secondary N) is 2. The number of guanidine groups is 1. The van der Waals surface area contributed by atoms with Crippen molar-refractivity contribution in [2.45, 2.75) is 11.8 Å². The molecule has 0 fully saturated rings. The van der Waals surface area contributed by atoms with E-state index in [4.69, 9.17) is 0 Å². The largest absolute Gasteiger partial charge is 0.354 e. The fourth-order valence-corrected chi connectivity index (χ4v) is 2.01. The molecule has 15 heavy (non-hydrogen) atoms. The number of anilines is 1. The van der Waals surface area contributed by atoms with Crippen molar-refractivity contribution in [1.29, 1.82) is 0 Å². The highest BCUT2D eigenvalue weighted by Gasteiger charge is 2.06. The van der Waals surface area contributed by atoms with Crippen LogP contribution in [0.4, 0.5) is 5.69 Å². The monoisotopic (exact) mass is 221 g/mol. The summed E-state index contributed by atoms with van der Waals surface area (Å²) < 4.78 is 0. The summed E-state index contributed by atoms with van der Waals surface area (Å²) in [5.41, 5.74) is 2.37. The van der Waals surface area contributed by atoms with Gasteiger partial charge in [0.2, 0.25) is 0 Å². The molecule has 0 aliphatic carbocycles. The van der Waals surface area contributed by atoms with Crippen LogP contribution in [0.3, 0.4) is 0 Å². The minimum absolute atomic E-state index is 0.865. The molecule has 0 saturated carbocycles. The second kappa shape index (κ2) is 4.57. The van der Waals surface area contributed by atoms with E-state index < -0.39 is 0 Å². The molecule has 0 aromatic heterocycles. The molecule has 0 spiro atoms. The molecule has 1 aliphatic heterocycles. The second-order valence-corrected chi connectivity index (χ2v) is 4.34. The molecule has 0 radical (unpaired) electrons. The van der Waals surface area contributed by atoms with Crippen molar-refractivity contribution in [2.24, 2.45) is 4.99 Å². The molecule has 2 rings (SSSR count). The van der Waals surface area contributed by atoms with Gasteiger partial charge in [-0.05, 0) is 36.9 Å². The van der Waals surface area contributed by atoms with Gasteiger partial charge in [0.1, 0.15) is 0 Å². The van der Waals surface area contributed by atoms with Gasteiger partial charge in [-0.25, -0.2) is 0 Å². The van der Waals surface area contributed by atoms with Crippen LogP contribution in [0.15, 0.2) is 28.1 Å². The summed E-state index contributed by atoms with van der Waals surface area (Å²) in [6.45, 7) is 3.91. The van der Waals surface area contributed by atoms with E-state index in [1.165, 1.54) is 10.5 Å². The summed E-state index contributed by atoms with van der Waals surface area (Å²) in [5.74, 6) is 0.884. The molecule has 1 aliphatic rings. The molecular weight excluding hydrogens is 206 g/mol. The maximum absolute atomic E-state index is 4.30. The van der Waals surface area contributed by atoms with Gasteiger partial charge in [-0.15, -0.1) is 11.8 Å². The quantitative estimate of drug-likeness (QED) is 0.751. The number of benzene rings is 1. The molecule has 0 saturated heterocycles. The first-order valence-electron chi connectivity index (χ1n) is 4.99. The van der Waals surface area contributed by atoms with E-state index in [0.717, 1.165) is 24.7 Å². The van der Waals surface area contributed by atoms with Crippen LogP contribution in [0.1, 0.15) is 5.56 Å². The highest BCUT2D eigenvalue weighted by atomic mass is 32.2. The van der Waals surface area contributed by atoms with Gasteiger partial charge in [0.05, 0.1) is 6.54 Å². The van der Waals surface area contributed by atoms with Crippen molar-refractivity contribution in [1.82, 2.24) is 5.32 Å². The number of nitrogens with zero attached hydrogens (tertiary/aromatic N) is 1. The van der Waals surface area contributed by atoms with Crippen LogP contribution in [-0.2, 0) is 0 Å². The lowest BCUT2D eigenvalue weighted by atomic mass is 10.2. The fraction of sp³-hybridized carbons (Fsp3) is 0.364. The highest BCUT2D eigenvalue weighted by Crippen LogP contribution is 2.22. The molecule has 1 heterocycles. The lowest BCUT2D eigenvalue weighted by Gasteiger charge is -2.10. The highest BCUT2D eigenvalue weighted by molar-refractivity contribution is 7.98. The Balaban J connectivity index is 2.14. The minimum atomic E-state index is 0.865. The molecule has 1 aromatic carbocycles. The summed E-state index contributed by atoms with van der Waals surface area (Å²) in [7, 11) is 0. The van der Waals surface area contributed by atoms with E-state index in [0.29, 0.717) is 0 Å². The zero-order valence-corrected chi connectivity index (χ0v) is 9.82. The van der Waals surface area contributed by atoms with Gasteiger partial charge in [0, 0.05) is 17.1 Å². The summed E-state index contributed by atoms with van der Waals surface area (Å²) in [6.07, 6.45) is 2.09. The van der Waals surface area contributed by atoms with Crippen molar-refractivity contribution >= 4 is 23.4 Å². The van der Waals surface area contributed by atoms with Crippen LogP contribution >= 0.6 is 11.8 Å². The Labute approximate surface area is 94.4 Å². The van der Waals surface area contributed by atoms with Gasteiger partial charge >= 0.3 is 0 Å². The van der Waals surface area contributed by atoms with Gasteiger partial charge in [-0.1, -0.05) is 0 Å². The van der Waals surface area contributed by atoms with Crippen molar-refractivity contribution in [2.75, 3.05) is 24.7 Å². The van der Waals surface area contributed by atoms with Crippen molar-refractivity contribution in [3.05, 3.63) is 23.8 Å². The molecule has 2 N–H and O–H groups in total. The van der Waals surface area contributed by atoms with Gasteiger partial charge in [0.15, 0.2) is 5.96 Å². The first kappa shape index (κ1) is 10.4. The fourth-order valence-electron chi connectivity index (χ4n) is 1.51. The normalized spacial score (nSPS) is 14.7. The van der Waals surface area contributed by atoms with Gasteiger partial charge < -0.3 is 10.6 Å². The number of hydrogen-bond acceptors (Lipinski definition) is 4. The zero-order chi connectivity index (χ0) is 10.7. The van der Waals surface area contributed by atoms with Crippen LogP contribution in [0.5, 0.6) is 0 Å². The van der Waals surface area contributed by atoms with Crippen molar-refractivity contribution in [3.63, 3.8) is 0 Å². The van der Waals surface area contributed by atoms with Gasteiger partial charge in [-0.2, -0.15) is 0 Å². The third-order valence-electron chi connectivity index (χ3n) is 2.36. The number of rotatable bonds is 2. The molecule has 0 amide bonds. The van der Waals surface area contributed by atoms with Crippen LogP contribution in [-0.4, -0.2) is 25.3 Å².